The van der Waals surface area contributed by atoms with Crippen LogP contribution in [0.5, 0.6) is 0 Å². The van der Waals surface area contributed by atoms with Gasteiger partial charge >= 0.3 is 0 Å². The monoisotopic (exact) mass is 350 g/mol. The molecule has 0 saturated carbocycles. The van der Waals surface area contributed by atoms with E-state index in [1.807, 2.05) is 13.0 Å². The van der Waals surface area contributed by atoms with Gasteiger partial charge < -0.3 is 4.74 Å². The summed E-state index contributed by atoms with van der Waals surface area (Å²) in [4.78, 5) is 7.25. The first kappa shape index (κ1) is 17.1. The van der Waals surface area contributed by atoms with E-state index in [9.17, 15) is 4.39 Å². The molecule has 3 nitrogen and oxygen atoms in total. The van der Waals surface area contributed by atoms with Gasteiger partial charge in [-0.3, -0.25) is 4.90 Å². The van der Waals surface area contributed by atoms with E-state index in [0.717, 1.165) is 55.2 Å². The van der Waals surface area contributed by atoms with Gasteiger partial charge in [0.1, 0.15) is 5.82 Å². The highest BCUT2D eigenvalue weighted by Crippen LogP contribution is 2.28. The van der Waals surface area contributed by atoms with Crippen LogP contribution in [-0.4, -0.2) is 36.2 Å². The average molecular weight is 350 g/mol. The largest absolute Gasteiger partial charge is 0.379 e. The van der Waals surface area contributed by atoms with Gasteiger partial charge in [-0.15, -0.1) is 0 Å². The van der Waals surface area contributed by atoms with E-state index in [1.54, 1.807) is 6.07 Å². The van der Waals surface area contributed by atoms with Crippen LogP contribution >= 0.6 is 0 Å². The summed E-state index contributed by atoms with van der Waals surface area (Å²) < 4.78 is 18.8. The molecule has 1 aliphatic rings. The third-order valence-corrected chi connectivity index (χ3v) is 5.05. The lowest BCUT2D eigenvalue weighted by atomic mass is 10.0. The maximum Gasteiger partial charge on any atom is 0.123 e. The number of fused-ring (bicyclic) bond motifs is 1. The fraction of sp³-hybridized carbons (Fsp3) is 0.318. The summed E-state index contributed by atoms with van der Waals surface area (Å²) in [6.07, 6.45) is 0. The molecule has 1 saturated heterocycles. The molecule has 0 atom stereocenters. The van der Waals surface area contributed by atoms with Crippen LogP contribution < -0.4 is 0 Å². The van der Waals surface area contributed by atoms with E-state index in [-0.39, 0.29) is 5.82 Å². The lowest BCUT2D eigenvalue weighted by molar-refractivity contribution is 0.0342. The number of aromatic nitrogens is 1. The maximum absolute atomic E-state index is 13.4. The van der Waals surface area contributed by atoms with Gasteiger partial charge in [0, 0.05) is 30.6 Å². The number of rotatable bonds is 3. The fourth-order valence-electron chi connectivity index (χ4n) is 3.61. The van der Waals surface area contributed by atoms with E-state index in [0.29, 0.717) is 0 Å². The molecule has 134 valence electrons. The molecule has 0 bridgehead atoms. The highest BCUT2D eigenvalue weighted by molar-refractivity contribution is 5.86. The summed E-state index contributed by atoms with van der Waals surface area (Å²) in [7, 11) is 0. The zero-order valence-electron chi connectivity index (χ0n) is 15.3. The van der Waals surface area contributed by atoms with Crippen LogP contribution in [0.4, 0.5) is 4.39 Å². The van der Waals surface area contributed by atoms with Crippen molar-refractivity contribution in [3.63, 3.8) is 0 Å². The molecule has 2 aromatic carbocycles. The van der Waals surface area contributed by atoms with Crippen LogP contribution in [0.25, 0.3) is 22.2 Å². The third-order valence-electron chi connectivity index (χ3n) is 5.05. The van der Waals surface area contributed by atoms with Crippen molar-refractivity contribution in [1.29, 1.82) is 0 Å². The van der Waals surface area contributed by atoms with Crippen molar-refractivity contribution in [2.24, 2.45) is 0 Å². The van der Waals surface area contributed by atoms with E-state index >= 15 is 0 Å². The molecule has 4 heteroatoms. The first-order chi connectivity index (χ1) is 12.6. The molecule has 0 amide bonds. The Morgan fingerprint density at radius 2 is 1.81 bits per heavy atom. The summed E-state index contributed by atoms with van der Waals surface area (Å²) >= 11 is 0. The number of ether oxygens (including phenoxy) is 1. The summed E-state index contributed by atoms with van der Waals surface area (Å²) in [5, 5.41) is 1.18. The van der Waals surface area contributed by atoms with Gasteiger partial charge in [0.25, 0.3) is 0 Å². The van der Waals surface area contributed by atoms with Crippen LogP contribution in [0, 0.1) is 19.7 Å². The normalized spacial score (nSPS) is 15.5. The Morgan fingerprint density at radius 1 is 1.00 bits per heavy atom. The number of hydrogen-bond acceptors (Lipinski definition) is 3. The van der Waals surface area contributed by atoms with Gasteiger partial charge in [0.05, 0.1) is 24.4 Å². The summed E-state index contributed by atoms with van der Waals surface area (Å²) in [6.45, 7) is 8.58. The molecule has 1 aliphatic heterocycles. The van der Waals surface area contributed by atoms with Gasteiger partial charge in [0.2, 0.25) is 0 Å². The third kappa shape index (κ3) is 3.48. The molecule has 0 aliphatic carbocycles. The van der Waals surface area contributed by atoms with Gasteiger partial charge in [-0.05, 0) is 66.9 Å². The molecule has 3 aromatic rings. The second kappa shape index (κ2) is 7.14. The topological polar surface area (TPSA) is 25.4 Å². The number of morpholine rings is 1. The number of aryl methyl sites for hydroxylation is 2. The average Bonchev–Trinajstić information content (AvgIpc) is 2.63. The Bertz CT molecular complexity index is 948. The van der Waals surface area contributed by atoms with E-state index in [4.69, 9.17) is 9.72 Å². The van der Waals surface area contributed by atoms with Crippen LogP contribution in [-0.2, 0) is 11.3 Å². The number of hydrogen-bond donors (Lipinski definition) is 0. The summed E-state index contributed by atoms with van der Waals surface area (Å²) in [6, 6.07) is 13.5. The van der Waals surface area contributed by atoms with Crippen LogP contribution in [0.2, 0.25) is 0 Å². The maximum atomic E-state index is 13.4. The number of pyridine rings is 1. The van der Waals surface area contributed by atoms with E-state index < -0.39 is 0 Å². The van der Waals surface area contributed by atoms with Gasteiger partial charge in [-0.25, -0.2) is 9.37 Å². The highest BCUT2D eigenvalue weighted by Gasteiger charge is 2.12. The smallest absolute Gasteiger partial charge is 0.123 e. The van der Waals surface area contributed by atoms with Crippen molar-refractivity contribution in [3.8, 4) is 11.3 Å². The molecule has 1 fully saturated rings. The molecule has 2 heterocycles. The minimum absolute atomic E-state index is 0.212. The van der Waals surface area contributed by atoms with Gasteiger partial charge in [-0.2, -0.15) is 0 Å². The van der Waals surface area contributed by atoms with Crippen molar-refractivity contribution in [1.82, 2.24) is 9.88 Å². The Hall–Kier alpha value is -2.30. The predicted molar refractivity (Wildman–Crippen MR) is 103 cm³/mol. The van der Waals surface area contributed by atoms with Crippen molar-refractivity contribution < 1.29 is 9.13 Å². The quantitative estimate of drug-likeness (QED) is 0.696. The standard InChI is InChI=1S/C22H23FN2O/c1-15-11-18(23)4-5-19(15)22-12-16(2)20-13-17(3-6-21(20)24-22)14-25-7-9-26-10-8-25/h3-6,11-13H,7-10,14H2,1-2H3. The molecule has 0 radical (unpaired) electrons. The first-order valence-electron chi connectivity index (χ1n) is 9.07. The second-order valence-electron chi connectivity index (χ2n) is 7.02. The number of nitrogens with zero attached hydrogens (tertiary/aromatic N) is 2. The molecule has 0 N–H and O–H groups in total. The Kier molecular flexibility index (Phi) is 4.70. The predicted octanol–water partition coefficient (Wildman–Crippen LogP) is 4.49. The van der Waals surface area contributed by atoms with Crippen molar-refractivity contribution >= 4 is 10.9 Å². The summed E-state index contributed by atoms with van der Waals surface area (Å²) in [5.41, 5.74) is 6.25. The molecular formula is C22H23FN2O. The van der Waals surface area contributed by atoms with Crippen molar-refractivity contribution in [2.75, 3.05) is 26.3 Å². The van der Waals surface area contributed by atoms with E-state index in [2.05, 4.69) is 36.1 Å². The zero-order chi connectivity index (χ0) is 18.1. The Labute approximate surface area is 153 Å². The van der Waals surface area contributed by atoms with E-state index in [1.165, 1.54) is 22.6 Å². The Balaban J connectivity index is 1.68. The Morgan fingerprint density at radius 3 is 2.58 bits per heavy atom. The molecule has 0 spiro atoms. The minimum atomic E-state index is -0.212. The van der Waals surface area contributed by atoms with Crippen molar-refractivity contribution in [2.45, 2.75) is 20.4 Å². The molecule has 26 heavy (non-hydrogen) atoms. The highest BCUT2D eigenvalue weighted by atomic mass is 19.1. The van der Waals surface area contributed by atoms with Crippen LogP contribution in [0.1, 0.15) is 16.7 Å². The lowest BCUT2D eigenvalue weighted by Crippen LogP contribution is -2.35. The van der Waals surface area contributed by atoms with Crippen LogP contribution in [0.3, 0.4) is 0 Å². The van der Waals surface area contributed by atoms with Gasteiger partial charge in [-0.1, -0.05) is 6.07 Å². The zero-order valence-corrected chi connectivity index (χ0v) is 15.3. The summed E-state index contributed by atoms with van der Waals surface area (Å²) in [5.74, 6) is -0.212. The van der Waals surface area contributed by atoms with Gasteiger partial charge in [0.15, 0.2) is 0 Å². The lowest BCUT2D eigenvalue weighted by Gasteiger charge is -2.26. The number of halogens is 1. The number of benzene rings is 2. The molecule has 0 unspecified atom stereocenters. The molecule has 1 aromatic heterocycles. The second-order valence-corrected chi connectivity index (χ2v) is 7.02. The van der Waals surface area contributed by atoms with Crippen molar-refractivity contribution in [3.05, 3.63) is 65.0 Å². The first-order valence-corrected chi connectivity index (χ1v) is 9.07. The minimum Gasteiger partial charge on any atom is -0.379 e. The fourth-order valence-corrected chi connectivity index (χ4v) is 3.61. The SMILES string of the molecule is Cc1cc(F)ccc1-c1cc(C)c2cc(CN3CCOCC3)ccc2n1. The molecular weight excluding hydrogens is 327 g/mol. The van der Waals surface area contributed by atoms with Crippen LogP contribution in [0.15, 0.2) is 42.5 Å². The molecule has 4 rings (SSSR count).